The third kappa shape index (κ3) is 3.35. The monoisotopic (exact) mass is 324 g/mol. The maximum Gasteiger partial charge on any atom is 0.216 e. The molecule has 0 unspecified atom stereocenters. The average Bonchev–Trinajstić information content (AvgIpc) is 2.95. The summed E-state index contributed by atoms with van der Waals surface area (Å²) >= 11 is 5.24. The van der Waals surface area contributed by atoms with Crippen LogP contribution in [0.1, 0.15) is 5.56 Å². The van der Waals surface area contributed by atoms with Crippen molar-refractivity contribution < 1.29 is 0 Å². The molecule has 116 valence electrons. The molecule has 23 heavy (non-hydrogen) atoms. The smallest absolute Gasteiger partial charge is 0.216 e. The number of H-pyrrole nitrogens is 1. The van der Waals surface area contributed by atoms with Crippen LogP contribution in [0, 0.1) is 4.77 Å². The lowest BCUT2D eigenvalue weighted by atomic mass is 10.2. The summed E-state index contributed by atoms with van der Waals surface area (Å²) in [5.41, 5.74) is 2.82. The number of hydrogen-bond donors (Lipinski definition) is 1. The van der Waals surface area contributed by atoms with Gasteiger partial charge in [0, 0.05) is 26.0 Å². The molecule has 1 N–H and O–H groups in total. The van der Waals surface area contributed by atoms with Crippen molar-refractivity contribution in [3.8, 4) is 11.5 Å². The van der Waals surface area contributed by atoms with Crippen LogP contribution in [-0.2, 0) is 0 Å². The Hall–Kier alpha value is -2.80. The quantitative estimate of drug-likeness (QED) is 0.592. The van der Waals surface area contributed by atoms with Gasteiger partial charge >= 0.3 is 0 Å². The molecule has 3 aromatic rings. The van der Waals surface area contributed by atoms with Gasteiger partial charge in [0.2, 0.25) is 10.6 Å². The van der Waals surface area contributed by atoms with Gasteiger partial charge in [-0.2, -0.15) is 14.9 Å². The molecule has 0 aliphatic carbocycles. The van der Waals surface area contributed by atoms with Gasteiger partial charge in [-0.1, -0.05) is 18.2 Å². The maximum atomic E-state index is 5.24. The lowest BCUT2D eigenvalue weighted by Crippen LogP contribution is -2.08. The number of nitrogens with zero attached hydrogens (tertiary/aromatic N) is 5. The zero-order chi connectivity index (χ0) is 16.2. The van der Waals surface area contributed by atoms with E-state index >= 15 is 0 Å². The minimum absolute atomic E-state index is 0.423. The first kappa shape index (κ1) is 15.1. The summed E-state index contributed by atoms with van der Waals surface area (Å²) in [4.78, 5) is 6.33. The lowest BCUT2D eigenvalue weighted by Gasteiger charge is -2.11. The highest BCUT2D eigenvalue weighted by Gasteiger charge is 2.08. The van der Waals surface area contributed by atoms with E-state index in [0.717, 1.165) is 11.3 Å². The van der Waals surface area contributed by atoms with Gasteiger partial charge in [0.15, 0.2) is 0 Å². The minimum atomic E-state index is 0.423. The number of aromatic nitrogens is 4. The van der Waals surface area contributed by atoms with E-state index in [4.69, 9.17) is 12.2 Å². The van der Waals surface area contributed by atoms with Crippen molar-refractivity contribution in [1.29, 1.82) is 0 Å². The van der Waals surface area contributed by atoms with Gasteiger partial charge in [0.1, 0.15) is 5.69 Å². The summed E-state index contributed by atoms with van der Waals surface area (Å²) in [6.45, 7) is 0. The molecule has 6 nitrogen and oxygen atoms in total. The van der Waals surface area contributed by atoms with E-state index < -0.39 is 0 Å². The van der Waals surface area contributed by atoms with Crippen LogP contribution in [0.3, 0.4) is 0 Å². The number of benzene rings is 1. The largest absolute Gasteiger partial charge is 0.378 e. The second-order valence-corrected chi connectivity index (χ2v) is 5.50. The fourth-order valence-corrected chi connectivity index (χ4v) is 2.22. The molecular weight excluding hydrogens is 308 g/mol. The van der Waals surface area contributed by atoms with E-state index in [2.05, 4.69) is 20.3 Å². The summed E-state index contributed by atoms with van der Waals surface area (Å²) in [7, 11) is 4.01. The van der Waals surface area contributed by atoms with Crippen LogP contribution in [0.25, 0.3) is 11.5 Å². The van der Waals surface area contributed by atoms with Crippen molar-refractivity contribution in [2.24, 2.45) is 5.10 Å². The summed E-state index contributed by atoms with van der Waals surface area (Å²) in [5.74, 6) is 0.580. The highest BCUT2D eigenvalue weighted by molar-refractivity contribution is 7.71. The lowest BCUT2D eigenvalue weighted by molar-refractivity contribution is 0.867. The van der Waals surface area contributed by atoms with Crippen LogP contribution in [-0.4, -0.2) is 40.2 Å². The van der Waals surface area contributed by atoms with Crippen molar-refractivity contribution in [3.63, 3.8) is 0 Å². The number of hydrogen-bond acceptors (Lipinski definition) is 5. The van der Waals surface area contributed by atoms with Crippen molar-refractivity contribution in [2.75, 3.05) is 19.0 Å². The van der Waals surface area contributed by atoms with Gasteiger partial charge in [0.05, 0.1) is 6.21 Å². The van der Waals surface area contributed by atoms with Gasteiger partial charge in [-0.25, -0.2) is 5.10 Å². The normalized spacial score (nSPS) is 11.0. The van der Waals surface area contributed by atoms with Gasteiger partial charge < -0.3 is 4.90 Å². The molecule has 2 aromatic heterocycles. The van der Waals surface area contributed by atoms with E-state index in [-0.39, 0.29) is 0 Å². The first-order valence-electron chi connectivity index (χ1n) is 7.06. The van der Waals surface area contributed by atoms with Crippen molar-refractivity contribution in [1.82, 2.24) is 19.9 Å². The van der Waals surface area contributed by atoms with Crippen LogP contribution in [0.15, 0.2) is 53.8 Å². The Morgan fingerprint density at radius 3 is 2.61 bits per heavy atom. The highest BCUT2D eigenvalue weighted by Crippen LogP contribution is 2.14. The van der Waals surface area contributed by atoms with Crippen molar-refractivity contribution in [3.05, 3.63) is 59.0 Å². The van der Waals surface area contributed by atoms with Gasteiger partial charge in [0.25, 0.3) is 0 Å². The number of pyridine rings is 1. The Bertz CT molecular complexity index is 862. The summed E-state index contributed by atoms with van der Waals surface area (Å²) < 4.78 is 1.99. The SMILES string of the molecule is CN(C)c1ccc(/C=N\n2c(-c3ccccn3)n[nH]c2=S)cc1. The van der Waals surface area contributed by atoms with E-state index in [9.17, 15) is 0 Å². The van der Waals surface area contributed by atoms with Crippen LogP contribution in [0.5, 0.6) is 0 Å². The first-order valence-corrected chi connectivity index (χ1v) is 7.46. The second kappa shape index (κ2) is 6.53. The summed E-state index contributed by atoms with van der Waals surface area (Å²) in [6.07, 6.45) is 3.46. The molecule has 0 radical (unpaired) electrons. The number of aromatic amines is 1. The highest BCUT2D eigenvalue weighted by atomic mass is 32.1. The van der Waals surface area contributed by atoms with E-state index in [0.29, 0.717) is 16.3 Å². The summed E-state index contributed by atoms with van der Waals surface area (Å²) in [6, 6.07) is 13.7. The van der Waals surface area contributed by atoms with E-state index in [1.807, 2.05) is 61.5 Å². The number of rotatable bonds is 4. The van der Waals surface area contributed by atoms with Gasteiger partial charge in [-0.3, -0.25) is 4.98 Å². The molecular formula is C16H16N6S. The molecule has 2 heterocycles. The van der Waals surface area contributed by atoms with Crippen molar-refractivity contribution in [2.45, 2.75) is 0 Å². The molecule has 0 spiro atoms. The topological polar surface area (TPSA) is 62.1 Å². The third-order valence-electron chi connectivity index (χ3n) is 3.28. The molecule has 0 amide bonds. The predicted molar refractivity (Wildman–Crippen MR) is 94.4 cm³/mol. The molecule has 0 fully saturated rings. The molecule has 0 atom stereocenters. The predicted octanol–water partition coefficient (Wildman–Crippen LogP) is 2.95. The Morgan fingerprint density at radius 2 is 1.96 bits per heavy atom. The Balaban J connectivity index is 1.91. The standard InChI is InChI=1S/C16H16N6S/c1-21(2)13-8-6-12(7-9-13)11-18-22-15(19-20-16(22)23)14-5-3-4-10-17-14/h3-11H,1-2H3,(H,20,23)/b18-11-. The Kier molecular flexibility index (Phi) is 4.29. The van der Waals surface area contributed by atoms with Crippen molar-refractivity contribution >= 4 is 24.1 Å². The first-order chi connectivity index (χ1) is 11.1. The van der Waals surface area contributed by atoms with E-state index in [1.54, 1.807) is 17.1 Å². The van der Waals surface area contributed by atoms with Crippen LogP contribution in [0.2, 0.25) is 0 Å². The van der Waals surface area contributed by atoms with Crippen LogP contribution in [0.4, 0.5) is 5.69 Å². The third-order valence-corrected chi connectivity index (χ3v) is 3.54. The molecule has 0 bridgehead atoms. The minimum Gasteiger partial charge on any atom is -0.378 e. The second-order valence-electron chi connectivity index (χ2n) is 5.11. The average molecular weight is 324 g/mol. The Morgan fingerprint density at radius 1 is 1.17 bits per heavy atom. The number of nitrogens with one attached hydrogen (secondary N) is 1. The fraction of sp³-hybridized carbons (Fsp3) is 0.125. The zero-order valence-electron chi connectivity index (χ0n) is 12.8. The molecule has 0 saturated carbocycles. The Labute approximate surface area is 139 Å². The van der Waals surface area contributed by atoms with E-state index in [1.165, 1.54) is 0 Å². The zero-order valence-corrected chi connectivity index (χ0v) is 13.7. The molecule has 0 saturated heterocycles. The molecule has 1 aromatic carbocycles. The number of anilines is 1. The van der Waals surface area contributed by atoms with Crippen LogP contribution >= 0.6 is 12.2 Å². The van der Waals surface area contributed by atoms with Gasteiger partial charge in [-0.15, -0.1) is 0 Å². The molecule has 3 rings (SSSR count). The molecule has 7 heteroatoms. The molecule has 0 aliphatic heterocycles. The summed E-state index contributed by atoms with van der Waals surface area (Å²) in [5, 5.41) is 11.4. The van der Waals surface area contributed by atoms with Crippen LogP contribution < -0.4 is 4.90 Å². The maximum absolute atomic E-state index is 5.24. The molecule has 0 aliphatic rings. The van der Waals surface area contributed by atoms with Gasteiger partial charge in [-0.05, 0) is 42.0 Å². The fourth-order valence-electron chi connectivity index (χ4n) is 2.04.